The first-order chi connectivity index (χ1) is 9.11. The molecule has 0 atom stereocenters. The molecule has 2 rings (SSSR count). The van der Waals surface area contributed by atoms with Crippen molar-refractivity contribution in [1.29, 1.82) is 0 Å². The number of carbonyl (C=O) groups is 1. The van der Waals surface area contributed by atoms with E-state index in [1.807, 2.05) is 0 Å². The van der Waals surface area contributed by atoms with Crippen LogP contribution < -0.4 is 0 Å². The van der Waals surface area contributed by atoms with E-state index in [0.29, 0.717) is 18.2 Å². The van der Waals surface area contributed by atoms with Crippen molar-refractivity contribution < 1.29 is 9.53 Å². The van der Waals surface area contributed by atoms with Gasteiger partial charge in [0.05, 0.1) is 17.0 Å². The molecule has 6 heteroatoms. The molecule has 0 aliphatic heterocycles. The van der Waals surface area contributed by atoms with Gasteiger partial charge in [-0.05, 0) is 19.3 Å². The van der Waals surface area contributed by atoms with Crippen molar-refractivity contribution in [1.82, 2.24) is 9.97 Å². The van der Waals surface area contributed by atoms with Crippen LogP contribution in [-0.4, -0.2) is 22.5 Å². The molecule has 0 aromatic carbocycles. The largest absolute Gasteiger partial charge is 0.461 e. The van der Waals surface area contributed by atoms with Gasteiger partial charge >= 0.3 is 5.97 Å². The summed E-state index contributed by atoms with van der Waals surface area (Å²) < 4.78 is 5.07. The van der Waals surface area contributed by atoms with Crippen molar-refractivity contribution in [3.63, 3.8) is 0 Å². The summed E-state index contributed by atoms with van der Waals surface area (Å²) in [5, 5.41) is 0.848. The Morgan fingerprint density at radius 1 is 1.47 bits per heavy atom. The highest BCUT2D eigenvalue weighted by Gasteiger charge is 2.21. The monoisotopic (exact) mass is 296 g/mol. The van der Waals surface area contributed by atoms with E-state index in [0.717, 1.165) is 21.2 Å². The summed E-state index contributed by atoms with van der Waals surface area (Å²) in [6, 6.07) is 0. The molecule has 0 amide bonds. The van der Waals surface area contributed by atoms with Gasteiger partial charge in [0, 0.05) is 11.1 Å². The molecule has 19 heavy (non-hydrogen) atoms. The first-order valence-electron chi connectivity index (χ1n) is 6.17. The highest BCUT2D eigenvalue weighted by molar-refractivity contribution is 7.21. The van der Waals surface area contributed by atoms with Crippen LogP contribution in [0.1, 0.15) is 36.1 Å². The number of hydrogen-bond donors (Lipinski definition) is 0. The van der Waals surface area contributed by atoms with E-state index in [1.165, 1.54) is 11.3 Å². The van der Waals surface area contributed by atoms with Gasteiger partial charge in [0.25, 0.3) is 0 Å². The van der Waals surface area contributed by atoms with Crippen LogP contribution in [0.2, 0.25) is 0 Å². The third-order valence-corrected chi connectivity index (χ3v) is 4.42. The van der Waals surface area contributed by atoms with Crippen molar-refractivity contribution >= 4 is 28.6 Å². The quantitative estimate of drug-likeness (QED) is 0.790. The number of nitrogens with zero attached hydrogens (tertiary/aromatic N) is 2. The fourth-order valence-electron chi connectivity index (χ4n) is 1.65. The van der Waals surface area contributed by atoms with Gasteiger partial charge in [0.15, 0.2) is 5.69 Å². The molecule has 0 bridgehead atoms. The van der Waals surface area contributed by atoms with E-state index in [-0.39, 0.29) is 5.97 Å². The van der Waals surface area contributed by atoms with Crippen molar-refractivity contribution in [2.75, 3.05) is 6.61 Å². The summed E-state index contributed by atoms with van der Waals surface area (Å²) in [5.41, 5.74) is 2.23. The Bertz CT molecular complexity index is 547. The average molecular weight is 296 g/mol. The number of hydrogen-bond acceptors (Lipinski definition) is 6. The molecule has 2 aromatic rings. The fraction of sp³-hybridized carbons (Fsp3) is 0.462. The summed E-state index contributed by atoms with van der Waals surface area (Å²) in [5.74, 6) is 0.146. The van der Waals surface area contributed by atoms with Crippen molar-refractivity contribution in [2.45, 2.75) is 27.2 Å². The van der Waals surface area contributed by atoms with E-state index < -0.39 is 0 Å². The Balaban J connectivity index is 2.36. The lowest BCUT2D eigenvalue weighted by atomic mass is 10.1. The van der Waals surface area contributed by atoms with Crippen molar-refractivity contribution in [3.05, 3.63) is 22.3 Å². The zero-order valence-corrected chi connectivity index (χ0v) is 12.8. The molecule has 4 nitrogen and oxygen atoms in total. The van der Waals surface area contributed by atoms with Gasteiger partial charge in [-0.1, -0.05) is 13.8 Å². The summed E-state index contributed by atoms with van der Waals surface area (Å²) in [6.07, 6.45) is 2.61. The molecule has 0 N–H and O–H groups in total. The van der Waals surface area contributed by atoms with E-state index in [2.05, 4.69) is 23.8 Å². The molecule has 0 spiro atoms. The van der Waals surface area contributed by atoms with Gasteiger partial charge in [-0.3, -0.25) is 4.98 Å². The molecule has 102 valence electrons. The predicted molar refractivity (Wildman–Crippen MR) is 77.7 cm³/mol. The standard InChI is InChI=1S/C13H16N2O2S2/c1-4-17-13(16)11-9(5-8(2)3)19-12(15-11)10-6-14-7-18-10/h6-8H,4-5H2,1-3H3. The Labute approximate surface area is 120 Å². The Morgan fingerprint density at radius 3 is 2.84 bits per heavy atom. The smallest absolute Gasteiger partial charge is 0.358 e. The number of thiazole rings is 2. The molecule has 0 fully saturated rings. The molecule has 2 aromatic heterocycles. The summed E-state index contributed by atoms with van der Waals surface area (Å²) in [7, 11) is 0. The van der Waals surface area contributed by atoms with Gasteiger partial charge in [-0.25, -0.2) is 9.78 Å². The second-order valence-electron chi connectivity index (χ2n) is 4.47. The molecular formula is C13H16N2O2S2. The van der Waals surface area contributed by atoms with E-state index >= 15 is 0 Å². The molecular weight excluding hydrogens is 280 g/mol. The van der Waals surface area contributed by atoms with Crippen LogP contribution in [0.4, 0.5) is 0 Å². The van der Waals surface area contributed by atoms with Crippen molar-refractivity contribution in [2.24, 2.45) is 5.92 Å². The number of esters is 1. The van der Waals surface area contributed by atoms with Crippen LogP contribution in [0.5, 0.6) is 0 Å². The lowest BCUT2D eigenvalue weighted by Crippen LogP contribution is -2.08. The average Bonchev–Trinajstić information content (AvgIpc) is 2.96. The Hall–Kier alpha value is -1.27. The number of carbonyl (C=O) groups excluding carboxylic acids is 1. The van der Waals surface area contributed by atoms with Crippen LogP contribution >= 0.6 is 22.7 Å². The van der Waals surface area contributed by atoms with E-state index in [4.69, 9.17) is 4.74 Å². The van der Waals surface area contributed by atoms with Crippen LogP contribution in [0.25, 0.3) is 9.88 Å². The summed E-state index contributed by atoms with van der Waals surface area (Å²) in [6.45, 7) is 6.42. The maximum Gasteiger partial charge on any atom is 0.358 e. The van der Waals surface area contributed by atoms with Gasteiger partial charge in [0.1, 0.15) is 5.01 Å². The second kappa shape index (κ2) is 6.25. The lowest BCUT2D eigenvalue weighted by molar-refractivity contribution is 0.0519. The Kier molecular flexibility index (Phi) is 4.66. The van der Waals surface area contributed by atoms with E-state index in [1.54, 1.807) is 30.0 Å². The molecule has 0 unspecified atom stereocenters. The Morgan fingerprint density at radius 2 is 2.26 bits per heavy atom. The number of ether oxygens (including phenoxy) is 1. The minimum atomic E-state index is -0.329. The molecule has 0 aliphatic carbocycles. The maximum absolute atomic E-state index is 11.9. The second-order valence-corrected chi connectivity index (χ2v) is 6.44. The van der Waals surface area contributed by atoms with Gasteiger partial charge in [-0.2, -0.15) is 0 Å². The number of aromatic nitrogens is 2. The minimum Gasteiger partial charge on any atom is -0.461 e. The van der Waals surface area contributed by atoms with Crippen LogP contribution in [-0.2, 0) is 11.2 Å². The highest BCUT2D eigenvalue weighted by atomic mass is 32.1. The molecule has 0 saturated carbocycles. The molecule has 2 heterocycles. The third-order valence-electron chi connectivity index (χ3n) is 2.40. The molecule has 0 saturated heterocycles. The van der Waals surface area contributed by atoms with Crippen molar-refractivity contribution in [3.8, 4) is 9.88 Å². The fourth-order valence-corrected chi connectivity index (χ4v) is 3.59. The lowest BCUT2D eigenvalue weighted by Gasteiger charge is -2.04. The first kappa shape index (κ1) is 14.1. The topological polar surface area (TPSA) is 52.1 Å². The first-order valence-corrected chi connectivity index (χ1v) is 7.87. The molecule has 0 radical (unpaired) electrons. The van der Waals surface area contributed by atoms with Gasteiger partial charge < -0.3 is 4.74 Å². The van der Waals surface area contributed by atoms with Gasteiger partial charge in [-0.15, -0.1) is 22.7 Å². The predicted octanol–water partition coefficient (Wildman–Crippen LogP) is 3.64. The highest BCUT2D eigenvalue weighted by Crippen LogP contribution is 2.32. The SMILES string of the molecule is CCOC(=O)c1nc(-c2cncs2)sc1CC(C)C. The van der Waals surface area contributed by atoms with Crippen LogP contribution in [0.3, 0.4) is 0 Å². The third kappa shape index (κ3) is 3.39. The molecule has 0 aliphatic rings. The number of rotatable bonds is 5. The summed E-state index contributed by atoms with van der Waals surface area (Å²) in [4.78, 5) is 22.4. The zero-order valence-electron chi connectivity index (χ0n) is 11.2. The summed E-state index contributed by atoms with van der Waals surface area (Å²) >= 11 is 3.08. The van der Waals surface area contributed by atoms with Crippen LogP contribution in [0.15, 0.2) is 11.7 Å². The van der Waals surface area contributed by atoms with E-state index in [9.17, 15) is 4.79 Å². The zero-order chi connectivity index (χ0) is 13.8. The maximum atomic E-state index is 11.9. The van der Waals surface area contributed by atoms with Crippen LogP contribution in [0, 0.1) is 5.92 Å². The van der Waals surface area contributed by atoms with Gasteiger partial charge in [0.2, 0.25) is 0 Å². The minimum absolute atomic E-state index is 0.329. The normalized spacial score (nSPS) is 10.9.